The molecule has 0 aromatic heterocycles. The van der Waals surface area contributed by atoms with Crippen LogP contribution in [0.25, 0.3) is 0 Å². The van der Waals surface area contributed by atoms with Gasteiger partial charge < -0.3 is 5.32 Å². The number of benzene rings is 1. The van der Waals surface area contributed by atoms with E-state index in [1.807, 2.05) is 13.8 Å². The van der Waals surface area contributed by atoms with E-state index in [4.69, 9.17) is 10.5 Å². The van der Waals surface area contributed by atoms with Crippen molar-refractivity contribution in [2.75, 3.05) is 12.0 Å². The van der Waals surface area contributed by atoms with E-state index in [9.17, 15) is 4.79 Å². The Bertz CT molecular complexity index is 618. The fraction of sp³-hybridized carbons (Fsp3) is 0.333. The second kappa shape index (κ2) is 7.66. The highest BCUT2D eigenvalue weighted by molar-refractivity contribution is 6.10. The molecular formula is C15H17N5O. The van der Waals surface area contributed by atoms with Gasteiger partial charge in [0, 0.05) is 12.1 Å². The molecule has 6 nitrogen and oxygen atoms in total. The van der Waals surface area contributed by atoms with Gasteiger partial charge in [0.1, 0.15) is 12.1 Å². The van der Waals surface area contributed by atoms with Crippen molar-refractivity contribution in [2.24, 2.45) is 11.0 Å². The van der Waals surface area contributed by atoms with Gasteiger partial charge in [-0.15, -0.1) is 0 Å². The second-order valence-electron chi connectivity index (χ2n) is 4.88. The number of carbonyl (C=O) groups excluding carboxylic acids is 1. The second-order valence-corrected chi connectivity index (χ2v) is 4.88. The molecule has 1 rings (SSSR count). The third kappa shape index (κ3) is 4.63. The lowest BCUT2D eigenvalue weighted by molar-refractivity contribution is 0.0948. The molecular weight excluding hydrogens is 266 g/mol. The van der Waals surface area contributed by atoms with Crippen LogP contribution in [0.2, 0.25) is 0 Å². The number of rotatable bonds is 5. The molecule has 0 aliphatic heterocycles. The molecule has 0 fully saturated rings. The van der Waals surface area contributed by atoms with Crippen LogP contribution in [-0.2, 0) is 0 Å². The van der Waals surface area contributed by atoms with Crippen LogP contribution in [-0.4, -0.2) is 18.2 Å². The van der Waals surface area contributed by atoms with Gasteiger partial charge in [0.05, 0.1) is 5.69 Å². The first-order chi connectivity index (χ1) is 9.99. The van der Waals surface area contributed by atoms with Gasteiger partial charge >= 0.3 is 0 Å². The largest absolute Gasteiger partial charge is 0.352 e. The summed E-state index contributed by atoms with van der Waals surface area (Å²) in [5, 5.41) is 23.8. The van der Waals surface area contributed by atoms with Crippen LogP contribution in [0.15, 0.2) is 23.3 Å². The summed E-state index contributed by atoms with van der Waals surface area (Å²) in [7, 11) is 0. The summed E-state index contributed by atoms with van der Waals surface area (Å²) in [6.45, 7) is 6.41. The smallest absolute Gasteiger partial charge is 0.251 e. The predicted molar refractivity (Wildman–Crippen MR) is 80.6 cm³/mol. The molecule has 21 heavy (non-hydrogen) atoms. The molecule has 0 heterocycles. The van der Waals surface area contributed by atoms with Crippen LogP contribution in [0.3, 0.4) is 0 Å². The van der Waals surface area contributed by atoms with E-state index in [-0.39, 0.29) is 11.6 Å². The molecule has 0 bridgehead atoms. The van der Waals surface area contributed by atoms with Crippen LogP contribution < -0.4 is 10.7 Å². The topological polar surface area (TPSA) is 101 Å². The van der Waals surface area contributed by atoms with Crippen LogP contribution in [0.1, 0.15) is 29.8 Å². The molecule has 108 valence electrons. The fourth-order valence-electron chi connectivity index (χ4n) is 1.59. The van der Waals surface area contributed by atoms with E-state index >= 15 is 0 Å². The fourth-order valence-corrected chi connectivity index (χ4v) is 1.59. The van der Waals surface area contributed by atoms with E-state index in [0.717, 1.165) is 0 Å². The van der Waals surface area contributed by atoms with Gasteiger partial charge in [0.2, 0.25) is 5.71 Å². The molecule has 0 saturated heterocycles. The Morgan fingerprint density at radius 3 is 2.57 bits per heavy atom. The number of hydrogen-bond acceptors (Lipinski definition) is 5. The molecule has 2 N–H and O–H groups in total. The maximum atomic E-state index is 12.1. The quantitative estimate of drug-likeness (QED) is 0.638. The Kier molecular flexibility index (Phi) is 5.91. The maximum Gasteiger partial charge on any atom is 0.251 e. The minimum atomic E-state index is -0.274. The van der Waals surface area contributed by atoms with Gasteiger partial charge in [-0.2, -0.15) is 15.6 Å². The molecule has 1 amide bonds. The molecule has 1 aromatic carbocycles. The Morgan fingerprint density at radius 1 is 1.33 bits per heavy atom. The van der Waals surface area contributed by atoms with Gasteiger partial charge in [-0.25, -0.2) is 0 Å². The average molecular weight is 283 g/mol. The van der Waals surface area contributed by atoms with Gasteiger partial charge in [-0.3, -0.25) is 10.2 Å². The molecule has 0 spiro atoms. The number of nitriles is 2. The van der Waals surface area contributed by atoms with Crippen molar-refractivity contribution in [2.45, 2.75) is 20.8 Å². The van der Waals surface area contributed by atoms with Gasteiger partial charge in [0.25, 0.3) is 5.91 Å². The molecule has 0 saturated carbocycles. The lowest BCUT2D eigenvalue weighted by atomic mass is 10.1. The number of carbonyl (C=O) groups is 1. The first-order valence-corrected chi connectivity index (χ1v) is 6.51. The SMILES string of the molecule is Cc1c(NN=C(C#N)C#N)cccc1C(=O)NCC(C)C. The molecule has 0 unspecified atom stereocenters. The van der Waals surface area contributed by atoms with E-state index < -0.39 is 0 Å². The third-order valence-electron chi connectivity index (χ3n) is 2.75. The average Bonchev–Trinajstić information content (AvgIpc) is 2.47. The van der Waals surface area contributed by atoms with Crippen molar-refractivity contribution in [3.63, 3.8) is 0 Å². The Morgan fingerprint density at radius 2 is 2.00 bits per heavy atom. The maximum absolute atomic E-state index is 12.1. The summed E-state index contributed by atoms with van der Waals surface area (Å²) in [6.07, 6.45) is 0. The van der Waals surface area contributed by atoms with Crippen molar-refractivity contribution in [1.29, 1.82) is 10.5 Å². The van der Waals surface area contributed by atoms with Crippen LogP contribution in [0.4, 0.5) is 5.69 Å². The minimum absolute atomic E-state index is 0.158. The van der Waals surface area contributed by atoms with Crippen LogP contribution in [0.5, 0.6) is 0 Å². The summed E-state index contributed by atoms with van der Waals surface area (Å²) in [5.74, 6) is 0.212. The number of nitrogens with one attached hydrogen (secondary N) is 2. The van der Waals surface area contributed by atoms with Gasteiger partial charge in [0.15, 0.2) is 0 Å². The summed E-state index contributed by atoms with van der Waals surface area (Å²) < 4.78 is 0. The molecule has 0 aliphatic carbocycles. The van der Waals surface area contributed by atoms with Gasteiger partial charge in [-0.05, 0) is 30.5 Å². The van der Waals surface area contributed by atoms with Crippen molar-refractivity contribution < 1.29 is 4.79 Å². The zero-order valence-electron chi connectivity index (χ0n) is 12.3. The molecule has 0 radical (unpaired) electrons. The highest BCUT2D eigenvalue weighted by Crippen LogP contribution is 2.19. The Balaban J connectivity index is 2.94. The standard InChI is InChI=1S/C15H17N5O/c1-10(2)9-18-15(21)13-5-4-6-14(11(13)3)20-19-12(7-16)8-17/h4-6,10,20H,9H2,1-3H3,(H,18,21). The van der Waals surface area contributed by atoms with Crippen molar-refractivity contribution >= 4 is 17.3 Å². The summed E-state index contributed by atoms with van der Waals surface area (Å²) in [4.78, 5) is 12.1. The van der Waals surface area contributed by atoms with Gasteiger partial charge in [-0.1, -0.05) is 19.9 Å². The summed E-state index contributed by atoms with van der Waals surface area (Å²) >= 11 is 0. The number of hydrogen-bond donors (Lipinski definition) is 2. The normalized spacial score (nSPS) is 9.43. The van der Waals surface area contributed by atoms with E-state index in [0.29, 0.717) is 29.3 Å². The molecule has 6 heteroatoms. The number of nitrogens with zero attached hydrogens (tertiary/aromatic N) is 3. The minimum Gasteiger partial charge on any atom is -0.352 e. The molecule has 1 aromatic rings. The van der Waals surface area contributed by atoms with E-state index in [1.165, 1.54) is 0 Å². The lowest BCUT2D eigenvalue weighted by Crippen LogP contribution is -2.28. The van der Waals surface area contributed by atoms with E-state index in [2.05, 4.69) is 15.8 Å². The van der Waals surface area contributed by atoms with Crippen LogP contribution >= 0.6 is 0 Å². The van der Waals surface area contributed by atoms with Crippen molar-refractivity contribution in [1.82, 2.24) is 5.32 Å². The monoisotopic (exact) mass is 283 g/mol. The Labute approximate surface area is 124 Å². The predicted octanol–water partition coefficient (Wildman–Crippen LogP) is 2.20. The highest BCUT2D eigenvalue weighted by atomic mass is 16.1. The Hall–Kier alpha value is -2.86. The number of hydrazone groups is 1. The number of anilines is 1. The first kappa shape index (κ1) is 16.2. The highest BCUT2D eigenvalue weighted by Gasteiger charge is 2.11. The van der Waals surface area contributed by atoms with Crippen molar-refractivity contribution in [3.05, 3.63) is 29.3 Å². The number of amides is 1. The zero-order valence-corrected chi connectivity index (χ0v) is 12.3. The van der Waals surface area contributed by atoms with Crippen molar-refractivity contribution in [3.8, 4) is 12.1 Å². The third-order valence-corrected chi connectivity index (χ3v) is 2.75. The first-order valence-electron chi connectivity index (χ1n) is 6.51. The summed E-state index contributed by atoms with van der Waals surface area (Å²) in [5.41, 5.74) is 4.18. The molecule has 0 atom stereocenters. The summed E-state index contributed by atoms with van der Waals surface area (Å²) in [6, 6.07) is 8.48. The van der Waals surface area contributed by atoms with Crippen LogP contribution in [0, 0.1) is 35.5 Å². The molecule has 0 aliphatic rings. The van der Waals surface area contributed by atoms with E-state index in [1.54, 1.807) is 37.3 Å². The lowest BCUT2D eigenvalue weighted by Gasteiger charge is -2.12. The zero-order chi connectivity index (χ0) is 15.8.